The summed E-state index contributed by atoms with van der Waals surface area (Å²) >= 11 is 0. The van der Waals surface area contributed by atoms with E-state index in [9.17, 15) is 13.2 Å². The highest BCUT2D eigenvalue weighted by Gasteiger charge is 2.38. The summed E-state index contributed by atoms with van der Waals surface area (Å²) in [5.74, 6) is 0. The monoisotopic (exact) mass is 239 g/mol. The average molecular weight is 239 g/mol. The van der Waals surface area contributed by atoms with Crippen LogP contribution in [0.1, 0.15) is 11.1 Å². The van der Waals surface area contributed by atoms with E-state index >= 15 is 0 Å². The van der Waals surface area contributed by atoms with Gasteiger partial charge in [-0.15, -0.1) is 0 Å². The minimum absolute atomic E-state index is 0.483. The first-order valence-electron chi connectivity index (χ1n) is 5.02. The lowest BCUT2D eigenvalue weighted by molar-refractivity contribution is -0.142. The molecule has 1 aliphatic heterocycles. The Morgan fingerprint density at radius 2 is 2.18 bits per heavy atom. The number of nitrogens with one attached hydrogen (secondary N) is 1. The number of pyridine rings is 1. The summed E-state index contributed by atoms with van der Waals surface area (Å²) in [6.45, 7) is 1.83. The first-order valence-corrected chi connectivity index (χ1v) is 5.02. The van der Waals surface area contributed by atoms with Crippen LogP contribution in [0.5, 0.6) is 0 Å². The van der Waals surface area contributed by atoms with Crippen LogP contribution in [0.15, 0.2) is 30.6 Å². The van der Waals surface area contributed by atoms with E-state index in [1.165, 1.54) is 6.08 Å². The van der Waals surface area contributed by atoms with Crippen molar-refractivity contribution in [1.82, 2.24) is 10.3 Å². The van der Waals surface area contributed by atoms with Crippen molar-refractivity contribution in [2.24, 2.45) is 0 Å². The molecule has 89 valence electrons. The van der Waals surface area contributed by atoms with Crippen molar-refractivity contribution >= 4 is 5.57 Å². The first kappa shape index (κ1) is 11.7. The Kier molecular flexibility index (Phi) is 2.92. The first-order chi connectivity index (χ1) is 7.98. The molecular formula is C12H10F3N2. The molecule has 0 saturated heterocycles. The topological polar surface area (TPSA) is 24.9 Å². The molecule has 0 saturated carbocycles. The molecule has 1 aromatic heterocycles. The summed E-state index contributed by atoms with van der Waals surface area (Å²) in [6, 6.07) is 0.0661. The van der Waals surface area contributed by atoms with Crippen LogP contribution in [0.4, 0.5) is 13.2 Å². The lowest BCUT2D eigenvalue weighted by Gasteiger charge is -2.21. The van der Waals surface area contributed by atoms with Gasteiger partial charge in [0.1, 0.15) is 6.04 Å². The van der Waals surface area contributed by atoms with Gasteiger partial charge < -0.3 is 5.32 Å². The maximum Gasteiger partial charge on any atom is 0.412 e. The molecule has 1 aromatic rings. The van der Waals surface area contributed by atoms with Gasteiger partial charge in [-0.2, -0.15) is 13.2 Å². The Morgan fingerprint density at radius 3 is 2.82 bits per heavy atom. The lowest BCUT2D eigenvalue weighted by atomic mass is 9.99. The molecule has 0 aromatic carbocycles. The highest BCUT2D eigenvalue weighted by molar-refractivity contribution is 5.76. The van der Waals surface area contributed by atoms with Gasteiger partial charge in [0.2, 0.25) is 0 Å². The fourth-order valence-corrected chi connectivity index (χ4v) is 1.59. The fourth-order valence-electron chi connectivity index (χ4n) is 1.59. The van der Waals surface area contributed by atoms with E-state index in [0.717, 1.165) is 11.6 Å². The van der Waals surface area contributed by atoms with E-state index in [0.29, 0.717) is 11.1 Å². The van der Waals surface area contributed by atoms with Crippen LogP contribution in [-0.4, -0.2) is 17.2 Å². The van der Waals surface area contributed by atoms with Crippen LogP contribution in [0.3, 0.4) is 0 Å². The molecule has 0 fully saturated rings. The van der Waals surface area contributed by atoms with Gasteiger partial charge in [-0.3, -0.25) is 4.98 Å². The molecule has 1 aliphatic rings. The van der Waals surface area contributed by atoms with Crippen LogP contribution in [-0.2, 0) is 0 Å². The molecule has 1 radical (unpaired) electrons. The quantitative estimate of drug-likeness (QED) is 0.814. The maximum absolute atomic E-state index is 12.6. The Balaban J connectivity index is 2.36. The van der Waals surface area contributed by atoms with Crippen LogP contribution in [0, 0.1) is 13.1 Å². The minimum atomic E-state index is -4.32. The number of hydrogen-bond donors (Lipinski definition) is 1. The van der Waals surface area contributed by atoms with Gasteiger partial charge in [0, 0.05) is 18.0 Å². The molecule has 17 heavy (non-hydrogen) atoms. The fraction of sp³-hybridized carbons (Fsp3) is 0.250. The van der Waals surface area contributed by atoms with E-state index < -0.39 is 12.2 Å². The molecular weight excluding hydrogens is 229 g/mol. The third-order valence-electron chi connectivity index (χ3n) is 2.52. The van der Waals surface area contributed by atoms with Crippen LogP contribution in [0.25, 0.3) is 5.57 Å². The zero-order valence-electron chi connectivity index (χ0n) is 9.05. The number of nitrogens with zero attached hydrogens (tertiary/aromatic N) is 1. The standard InChI is InChI=1S/C12H10F3N2/c1-8-2-4-16-7-10(8)9-3-5-17-11(6-9)12(13,14)15/h2-4,6-7,11,17H,1H3. The van der Waals surface area contributed by atoms with Gasteiger partial charge in [0.05, 0.1) is 6.20 Å². The second kappa shape index (κ2) is 4.24. The molecule has 1 N–H and O–H groups in total. The number of alkyl halides is 3. The molecule has 2 heterocycles. The predicted molar refractivity (Wildman–Crippen MR) is 57.7 cm³/mol. The average Bonchev–Trinajstić information content (AvgIpc) is 2.29. The van der Waals surface area contributed by atoms with Crippen molar-refractivity contribution in [3.63, 3.8) is 0 Å². The highest BCUT2D eigenvalue weighted by Crippen LogP contribution is 2.28. The second-order valence-electron chi connectivity index (χ2n) is 3.76. The van der Waals surface area contributed by atoms with Crippen molar-refractivity contribution in [1.29, 1.82) is 0 Å². The van der Waals surface area contributed by atoms with E-state index in [1.54, 1.807) is 18.5 Å². The third-order valence-corrected chi connectivity index (χ3v) is 2.52. The van der Waals surface area contributed by atoms with Gasteiger partial charge >= 0.3 is 6.18 Å². The molecule has 2 rings (SSSR count). The van der Waals surface area contributed by atoms with E-state index in [2.05, 4.69) is 16.5 Å². The molecule has 1 unspecified atom stereocenters. The molecule has 5 heteroatoms. The van der Waals surface area contributed by atoms with Crippen molar-refractivity contribution in [3.8, 4) is 0 Å². The van der Waals surface area contributed by atoms with Gasteiger partial charge in [-0.25, -0.2) is 0 Å². The van der Waals surface area contributed by atoms with Crippen molar-refractivity contribution in [2.75, 3.05) is 0 Å². The van der Waals surface area contributed by atoms with Crippen molar-refractivity contribution in [2.45, 2.75) is 19.1 Å². The van der Waals surface area contributed by atoms with E-state index in [1.807, 2.05) is 6.92 Å². The molecule has 2 nitrogen and oxygen atoms in total. The number of rotatable bonds is 1. The lowest BCUT2D eigenvalue weighted by Crippen LogP contribution is -2.39. The summed E-state index contributed by atoms with van der Waals surface area (Å²) in [5, 5.41) is 2.15. The Hall–Kier alpha value is -1.78. The molecule has 0 bridgehead atoms. The van der Waals surface area contributed by atoms with Crippen molar-refractivity contribution in [3.05, 3.63) is 47.9 Å². The largest absolute Gasteiger partial charge is 0.412 e. The number of aromatic nitrogens is 1. The number of hydrogen-bond acceptors (Lipinski definition) is 2. The smallest absolute Gasteiger partial charge is 0.369 e. The zero-order valence-corrected chi connectivity index (χ0v) is 9.05. The Morgan fingerprint density at radius 1 is 1.41 bits per heavy atom. The number of dihydropyridines is 1. The maximum atomic E-state index is 12.6. The van der Waals surface area contributed by atoms with Gasteiger partial charge in [0.25, 0.3) is 0 Å². The van der Waals surface area contributed by atoms with Crippen LogP contribution in [0.2, 0.25) is 0 Å². The van der Waals surface area contributed by atoms with Crippen LogP contribution >= 0.6 is 0 Å². The van der Waals surface area contributed by atoms with Gasteiger partial charge in [0.15, 0.2) is 0 Å². The zero-order chi connectivity index (χ0) is 12.5. The number of allylic oxidation sites excluding steroid dienone is 2. The molecule has 1 atom stereocenters. The SMILES string of the molecule is Cc1ccncc1C1=CC(C(F)(F)F)N[C]=C1. The highest BCUT2D eigenvalue weighted by atomic mass is 19.4. The summed E-state index contributed by atoms with van der Waals surface area (Å²) in [4.78, 5) is 3.92. The minimum Gasteiger partial charge on any atom is -0.369 e. The normalized spacial score (nSPS) is 19.8. The van der Waals surface area contributed by atoms with Crippen molar-refractivity contribution < 1.29 is 13.2 Å². The number of halogens is 3. The van der Waals surface area contributed by atoms with Gasteiger partial charge in [-0.1, -0.05) is 0 Å². The van der Waals surface area contributed by atoms with E-state index in [-0.39, 0.29) is 0 Å². The second-order valence-corrected chi connectivity index (χ2v) is 3.76. The summed E-state index contributed by atoms with van der Waals surface area (Å²) < 4.78 is 37.7. The van der Waals surface area contributed by atoms with Crippen LogP contribution < -0.4 is 5.32 Å². The Bertz CT molecular complexity index is 475. The molecule has 0 amide bonds. The third kappa shape index (κ3) is 2.49. The van der Waals surface area contributed by atoms with E-state index in [4.69, 9.17) is 0 Å². The summed E-state index contributed by atoms with van der Waals surface area (Å²) in [7, 11) is 0. The Labute approximate surface area is 96.9 Å². The van der Waals surface area contributed by atoms with Gasteiger partial charge in [-0.05, 0) is 36.3 Å². The summed E-state index contributed by atoms with van der Waals surface area (Å²) in [5.41, 5.74) is 2.06. The number of aryl methyl sites for hydroxylation is 1. The molecule has 0 spiro atoms. The summed E-state index contributed by atoms with van der Waals surface area (Å²) in [6.07, 6.45) is 3.90. The predicted octanol–water partition coefficient (Wildman–Crippen LogP) is 2.62. The molecule has 0 aliphatic carbocycles.